The number of rotatable bonds is 8. The van der Waals surface area contributed by atoms with E-state index in [9.17, 15) is 41.5 Å². The Kier molecular flexibility index (Phi) is 11.0. The Bertz CT molecular complexity index is 2860. The molecule has 282 valence electrons. The quantitative estimate of drug-likeness (QED) is 0.161. The number of carboxylic acids is 2. The number of carboxylic acid groups (broad SMARTS) is 2. The molecular weight excluding hydrogens is 838 g/mol. The van der Waals surface area contributed by atoms with Crippen LogP contribution in [0.25, 0.3) is 31.9 Å². The maximum atomic E-state index is 14.1. The average Bonchev–Trinajstić information content (AvgIpc) is 3.53. The summed E-state index contributed by atoms with van der Waals surface area (Å²) < 4.78 is 56.7. The summed E-state index contributed by atoms with van der Waals surface area (Å²) in [6.07, 6.45) is -4.84. The first-order valence-electron chi connectivity index (χ1n) is 15.8. The van der Waals surface area contributed by atoms with Gasteiger partial charge in [-0.3, -0.25) is 28.3 Å². The number of alkyl halides is 3. The predicted molar refractivity (Wildman–Crippen MR) is 199 cm³/mol. The van der Waals surface area contributed by atoms with Crippen molar-refractivity contribution in [1.29, 1.82) is 0 Å². The van der Waals surface area contributed by atoms with Crippen LogP contribution in [0, 0.1) is 5.82 Å². The van der Waals surface area contributed by atoms with Crippen LogP contribution >= 0.6 is 38.9 Å². The Hall–Kier alpha value is -5.72. The van der Waals surface area contributed by atoms with Crippen molar-refractivity contribution >= 4 is 82.7 Å². The third-order valence-corrected chi connectivity index (χ3v) is 9.88. The number of aromatic nitrogens is 5. The average molecular weight is 861 g/mol. The minimum atomic E-state index is -4.47. The molecule has 0 atom stereocenters. The van der Waals surface area contributed by atoms with Gasteiger partial charge in [-0.2, -0.15) is 18.3 Å². The molecule has 12 nitrogen and oxygen atoms in total. The van der Waals surface area contributed by atoms with Crippen molar-refractivity contribution in [3.63, 3.8) is 0 Å². The van der Waals surface area contributed by atoms with E-state index in [1.54, 1.807) is 30.3 Å². The lowest BCUT2D eigenvalue weighted by Crippen LogP contribution is -2.41. The molecule has 0 saturated heterocycles. The zero-order valence-corrected chi connectivity index (χ0v) is 30.8. The van der Waals surface area contributed by atoms with Crippen molar-refractivity contribution in [3.8, 4) is 0 Å². The fraction of sp³-hybridized carbons (Fsp3) is 0.139. The highest BCUT2D eigenvalue weighted by Gasteiger charge is 2.31. The lowest BCUT2D eigenvalue weighted by atomic mass is 10.1. The molecule has 3 heterocycles. The first-order chi connectivity index (χ1) is 26.0. The van der Waals surface area contributed by atoms with E-state index in [1.165, 1.54) is 36.4 Å². The predicted octanol–water partition coefficient (Wildman–Crippen LogP) is 6.55. The molecule has 0 fully saturated rings. The molecule has 4 aromatic carbocycles. The van der Waals surface area contributed by atoms with Crippen LogP contribution in [0.2, 0.25) is 5.02 Å². The largest absolute Gasteiger partial charge is 0.481 e. The van der Waals surface area contributed by atoms with Gasteiger partial charge in [0.25, 0.3) is 11.1 Å². The van der Waals surface area contributed by atoms with E-state index in [0.717, 1.165) is 37.3 Å². The molecule has 0 amide bonds. The van der Waals surface area contributed by atoms with Crippen LogP contribution in [0.1, 0.15) is 21.8 Å². The highest BCUT2D eigenvalue weighted by Crippen LogP contribution is 2.33. The van der Waals surface area contributed by atoms with Crippen LogP contribution in [0.4, 0.5) is 17.6 Å². The van der Waals surface area contributed by atoms with Gasteiger partial charge in [0.2, 0.25) is 0 Å². The summed E-state index contributed by atoms with van der Waals surface area (Å²) in [6.45, 7) is -1.05. The SMILES string of the molecule is O=C(O)Cc1nn(Cc2nc3cc(C(F)(F)F)ccc3s2)c(=O)c2ccccc12.O=C(O)Cn1c(=O)n(Cc2ccc(Br)cc2F)c(=O)c2ccc(Cl)cc21. The summed E-state index contributed by atoms with van der Waals surface area (Å²) in [6, 6.07) is 18.3. The second-order valence-corrected chi connectivity index (χ2v) is 14.3. The van der Waals surface area contributed by atoms with Crippen molar-refractivity contribution < 1.29 is 37.4 Å². The molecule has 0 aliphatic rings. The molecule has 2 N–H and O–H groups in total. The Morgan fingerprint density at radius 3 is 2.24 bits per heavy atom. The van der Waals surface area contributed by atoms with Gasteiger partial charge in [0.15, 0.2) is 0 Å². The lowest BCUT2D eigenvalue weighted by molar-refractivity contribution is -0.138. The molecule has 0 bridgehead atoms. The van der Waals surface area contributed by atoms with Crippen LogP contribution < -0.4 is 16.8 Å². The molecule has 0 spiro atoms. The van der Waals surface area contributed by atoms with Gasteiger partial charge in [-0.1, -0.05) is 51.8 Å². The number of hydrogen-bond acceptors (Lipinski definition) is 8. The van der Waals surface area contributed by atoms with Crippen molar-refractivity contribution in [1.82, 2.24) is 23.9 Å². The molecule has 0 aliphatic heterocycles. The Labute approximate surface area is 322 Å². The van der Waals surface area contributed by atoms with Crippen molar-refractivity contribution in [2.75, 3.05) is 0 Å². The number of halogens is 6. The summed E-state index contributed by atoms with van der Waals surface area (Å²) in [7, 11) is 0. The van der Waals surface area contributed by atoms with Crippen LogP contribution in [-0.4, -0.2) is 46.1 Å². The van der Waals surface area contributed by atoms with Gasteiger partial charge in [0.05, 0.1) is 57.3 Å². The number of aliphatic carboxylic acids is 2. The van der Waals surface area contributed by atoms with E-state index in [0.29, 0.717) is 25.0 Å². The summed E-state index contributed by atoms with van der Waals surface area (Å²) in [5.41, 5.74) is -2.07. The molecule has 3 aromatic heterocycles. The van der Waals surface area contributed by atoms with Crippen LogP contribution in [0.3, 0.4) is 0 Å². The number of carbonyl (C=O) groups is 2. The first-order valence-corrected chi connectivity index (χ1v) is 17.7. The van der Waals surface area contributed by atoms with Gasteiger partial charge in [-0.05, 0) is 54.6 Å². The number of benzene rings is 4. The van der Waals surface area contributed by atoms with Gasteiger partial charge in [0.1, 0.15) is 17.4 Å². The number of nitrogens with zero attached hydrogens (tertiary/aromatic N) is 5. The summed E-state index contributed by atoms with van der Waals surface area (Å²) >= 11 is 10.2. The minimum Gasteiger partial charge on any atom is -0.481 e. The second kappa shape index (κ2) is 15.6. The standard InChI is InChI=1S/C19H12F3N3O3S.C17H11BrClFN2O4/c20-19(21,22)10-5-6-15-14(7-10)23-16(29-15)9-25-18(28)12-4-2-1-3-11(12)13(24-25)8-17(26)27;18-10-2-1-9(13(20)5-10)7-22-16(25)12-4-3-11(19)6-14(12)21(17(22)26)8-15(23)24/h1-7H,8-9H2,(H,26,27);1-6H,7-8H2,(H,23,24). The fourth-order valence-electron chi connectivity index (χ4n) is 5.67. The number of fused-ring (bicyclic) bond motifs is 3. The molecule has 0 saturated carbocycles. The molecule has 7 aromatic rings. The second-order valence-electron chi connectivity index (χ2n) is 11.9. The molecule has 7 rings (SSSR count). The molecule has 0 aliphatic carbocycles. The van der Waals surface area contributed by atoms with E-state index in [4.69, 9.17) is 21.8 Å². The lowest BCUT2D eigenvalue weighted by Gasteiger charge is -2.13. The third-order valence-electron chi connectivity index (χ3n) is 8.13. The van der Waals surface area contributed by atoms with Crippen LogP contribution in [0.5, 0.6) is 0 Å². The van der Waals surface area contributed by atoms with Crippen LogP contribution in [-0.2, 0) is 41.8 Å². The topological polar surface area (TPSA) is 166 Å². The monoisotopic (exact) mass is 859 g/mol. The number of hydrogen-bond donors (Lipinski definition) is 2. The maximum Gasteiger partial charge on any atom is 0.416 e. The normalized spacial score (nSPS) is 11.5. The van der Waals surface area contributed by atoms with Crippen LogP contribution in [0.15, 0.2) is 97.7 Å². The Morgan fingerprint density at radius 2 is 1.56 bits per heavy atom. The van der Waals surface area contributed by atoms with E-state index < -0.39 is 52.8 Å². The molecule has 19 heteroatoms. The zero-order chi connectivity index (χ0) is 39.8. The fourth-order valence-corrected chi connectivity index (χ4v) is 7.10. The van der Waals surface area contributed by atoms with Gasteiger partial charge in [-0.15, -0.1) is 11.3 Å². The smallest absolute Gasteiger partial charge is 0.416 e. The van der Waals surface area contributed by atoms with E-state index in [1.807, 2.05) is 0 Å². The zero-order valence-electron chi connectivity index (χ0n) is 27.7. The molecule has 55 heavy (non-hydrogen) atoms. The highest BCUT2D eigenvalue weighted by atomic mass is 79.9. The van der Waals surface area contributed by atoms with Gasteiger partial charge in [0, 0.05) is 20.4 Å². The third kappa shape index (κ3) is 8.50. The maximum absolute atomic E-state index is 14.1. The van der Waals surface area contributed by atoms with E-state index in [2.05, 4.69) is 26.0 Å². The first kappa shape index (κ1) is 39.0. The molecular formula is C36H23BrClF4N5O7S. The van der Waals surface area contributed by atoms with E-state index in [-0.39, 0.29) is 52.2 Å². The molecule has 0 radical (unpaired) electrons. The summed E-state index contributed by atoms with van der Waals surface area (Å²) in [4.78, 5) is 64.7. The van der Waals surface area contributed by atoms with Crippen molar-refractivity contribution in [2.45, 2.75) is 32.2 Å². The Balaban J connectivity index is 0.000000188. The van der Waals surface area contributed by atoms with Crippen molar-refractivity contribution in [2.24, 2.45) is 0 Å². The Morgan fingerprint density at radius 1 is 0.836 bits per heavy atom. The highest BCUT2D eigenvalue weighted by molar-refractivity contribution is 9.10. The van der Waals surface area contributed by atoms with Crippen molar-refractivity contribution in [3.05, 3.63) is 147 Å². The summed E-state index contributed by atoms with van der Waals surface area (Å²) in [5.74, 6) is -2.94. The van der Waals surface area contributed by atoms with Gasteiger partial charge >= 0.3 is 23.8 Å². The number of thiazole rings is 1. The van der Waals surface area contributed by atoms with Gasteiger partial charge < -0.3 is 10.2 Å². The molecule has 0 unspecified atom stereocenters. The minimum absolute atomic E-state index is 0.0724. The van der Waals surface area contributed by atoms with Gasteiger partial charge in [-0.25, -0.2) is 18.9 Å². The van der Waals surface area contributed by atoms with E-state index >= 15 is 0 Å². The summed E-state index contributed by atoms with van der Waals surface area (Å²) in [5, 5.41) is 23.9.